The van der Waals surface area contributed by atoms with Crippen molar-refractivity contribution in [1.82, 2.24) is 5.32 Å². The fraction of sp³-hybridized carbons (Fsp3) is 0.105. The van der Waals surface area contributed by atoms with Gasteiger partial charge in [0.05, 0.1) is 24.8 Å². The highest BCUT2D eigenvalue weighted by molar-refractivity contribution is 7.14. The number of hydrogen-bond donors (Lipinski definition) is 2. The summed E-state index contributed by atoms with van der Waals surface area (Å²) in [6.07, 6.45) is 1.43. The molecule has 0 saturated carbocycles. The van der Waals surface area contributed by atoms with E-state index in [2.05, 4.69) is 10.6 Å². The number of ketones is 1. The molecule has 0 aliphatic carbocycles. The Labute approximate surface area is 159 Å². The number of ether oxygens (including phenoxy) is 1. The van der Waals surface area contributed by atoms with Crippen LogP contribution >= 0.6 is 11.3 Å². The van der Waals surface area contributed by atoms with Gasteiger partial charge in [-0.2, -0.15) is 0 Å². The minimum atomic E-state index is -0.774. The molecule has 0 aliphatic rings. The van der Waals surface area contributed by atoms with Crippen LogP contribution in [0.1, 0.15) is 20.3 Å². The lowest BCUT2D eigenvalue weighted by Gasteiger charge is -2.06. The molecule has 2 amide bonds. The first-order chi connectivity index (χ1) is 13.1. The zero-order valence-electron chi connectivity index (χ0n) is 14.4. The lowest BCUT2D eigenvalue weighted by atomic mass is 10.2. The second-order valence-corrected chi connectivity index (χ2v) is 6.61. The van der Waals surface area contributed by atoms with Crippen molar-refractivity contribution in [1.29, 1.82) is 0 Å². The van der Waals surface area contributed by atoms with E-state index in [1.54, 1.807) is 55.6 Å². The molecule has 3 rings (SSSR count). The minimum absolute atomic E-state index is 0.144. The number of hydrogen-bond acceptors (Lipinski definition) is 6. The standard InChI is InChI=1S/C19H16N2O5S/c1-25-13-6-4-12(5-7-13)21-19(24)18(23)20-11-14-8-9-16(27-14)17(22)15-3-2-10-26-15/h2-10H,11H2,1H3,(H,20,23)(H,21,24). The fourth-order valence-corrected chi connectivity index (χ4v) is 3.13. The third-order valence-electron chi connectivity index (χ3n) is 3.61. The van der Waals surface area contributed by atoms with E-state index in [0.29, 0.717) is 16.3 Å². The average molecular weight is 384 g/mol. The first kappa shape index (κ1) is 18.4. The van der Waals surface area contributed by atoms with Crippen molar-refractivity contribution in [3.63, 3.8) is 0 Å². The van der Waals surface area contributed by atoms with Gasteiger partial charge in [-0.25, -0.2) is 0 Å². The maximum absolute atomic E-state index is 12.2. The maximum atomic E-state index is 12.2. The van der Waals surface area contributed by atoms with Crippen molar-refractivity contribution in [2.45, 2.75) is 6.54 Å². The van der Waals surface area contributed by atoms with E-state index in [1.807, 2.05) is 0 Å². The summed E-state index contributed by atoms with van der Waals surface area (Å²) >= 11 is 1.23. The summed E-state index contributed by atoms with van der Waals surface area (Å²) in [5.74, 6) is -0.858. The summed E-state index contributed by atoms with van der Waals surface area (Å²) in [6, 6.07) is 13.2. The number of carbonyl (C=O) groups excluding carboxylic acids is 3. The van der Waals surface area contributed by atoms with Crippen LogP contribution in [0.25, 0.3) is 0 Å². The summed E-state index contributed by atoms with van der Waals surface area (Å²) in [6.45, 7) is 0.144. The third-order valence-corrected chi connectivity index (χ3v) is 4.69. The van der Waals surface area contributed by atoms with E-state index in [4.69, 9.17) is 9.15 Å². The van der Waals surface area contributed by atoms with Crippen LogP contribution in [0.4, 0.5) is 5.69 Å². The van der Waals surface area contributed by atoms with Gasteiger partial charge < -0.3 is 19.8 Å². The Morgan fingerprint density at radius 1 is 1.04 bits per heavy atom. The Morgan fingerprint density at radius 2 is 1.81 bits per heavy atom. The van der Waals surface area contributed by atoms with Gasteiger partial charge in [0, 0.05) is 10.6 Å². The van der Waals surface area contributed by atoms with Crippen LogP contribution in [0.15, 0.2) is 59.2 Å². The Balaban J connectivity index is 1.52. The second kappa shape index (κ2) is 8.33. The molecule has 138 valence electrons. The molecule has 0 saturated heterocycles. The van der Waals surface area contributed by atoms with Crippen molar-refractivity contribution < 1.29 is 23.5 Å². The highest BCUT2D eigenvalue weighted by Gasteiger charge is 2.16. The Hall–Kier alpha value is -3.39. The second-order valence-electron chi connectivity index (χ2n) is 5.44. The Kier molecular flexibility index (Phi) is 5.68. The topological polar surface area (TPSA) is 97.6 Å². The smallest absolute Gasteiger partial charge is 0.313 e. The van der Waals surface area contributed by atoms with Crippen LogP contribution in [0.2, 0.25) is 0 Å². The molecule has 0 spiro atoms. The lowest BCUT2D eigenvalue weighted by Crippen LogP contribution is -2.34. The molecule has 3 aromatic rings. The minimum Gasteiger partial charge on any atom is -0.497 e. The summed E-state index contributed by atoms with van der Waals surface area (Å²) in [4.78, 5) is 37.3. The number of thiophene rings is 1. The van der Waals surface area contributed by atoms with E-state index in [0.717, 1.165) is 4.88 Å². The quantitative estimate of drug-likeness (QED) is 0.503. The molecule has 7 nitrogen and oxygen atoms in total. The predicted octanol–water partition coefficient (Wildman–Crippen LogP) is 2.84. The number of anilines is 1. The van der Waals surface area contributed by atoms with Crippen molar-refractivity contribution in [2.75, 3.05) is 12.4 Å². The number of benzene rings is 1. The molecule has 8 heteroatoms. The van der Waals surface area contributed by atoms with Crippen LogP contribution in [0.3, 0.4) is 0 Å². The molecule has 0 atom stereocenters. The SMILES string of the molecule is COc1ccc(NC(=O)C(=O)NCc2ccc(C(=O)c3ccco3)s2)cc1. The molecule has 1 aromatic carbocycles. The van der Waals surface area contributed by atoms with Crippen molar-refractivity contribution in [2.24, 2.45) is 0 Å². The highest BCUT2D eigenvalue weighted by atomic mass is 32.1. The monoisotopic (exact) mass is 384 g/mol. The van der Waals surface area contributed by atoms with E-state index in [-0.39, 0.29) is 18.1 Å². The Bertz CT molecular complexity index is 945. The Morgan fingerprint density at radius 3 is 2.48 bits per heavy atom. The van der Waals surface area contributed by atoms with Gasteiger partial charge in [0.15, 0.2) is 5.76 Å². The molecular weight excluding hydrogens is 368 g/mol. The van der Waals surface area contributed by atoms with Gasteiger partial charge in [0.2, 0.25) is 5.78 Å². The molecule has 0 unspecified atom stereocenters. The van der Waals surface area contributed by atoms with E-state index in [9.17, 15) is 14.4 Å². The predicted molar refractivity (Wildman–Crippen MR) is 99.9 cm³/mol. The number of rotatable bonds is 6. The normalized spacial score (nSPS) is 10.3. The summed E-state index contributed by atoms with van der Waals surface area (Å²) < 4.78 is 10.1. The van der Waals surface area contributed by atoms with Crippen LogP contribution < -0.4 is 15.4 Å². The number of carbonyl (C=O) groups is 3. The molecule has 2 N–H and O–H groups in total. The first-order valence-electron chi connectivity index (χ1n) is 7.97. The van der Waals surface area contributed by atoms with E-state index >= 15 is 0 Å². The van der Waals surface area contributed by atoms with E-state index in [1.165, 1.54) is 17.6 Å². The molecule has 27 heavy (non-hydrogen) atoms. The third kappa shape index (κ3) is 4.62. The molecule has 0 fully saturated rings. The summed E-state index contributed by atoms with van der Waals surface area (Å²) in [7, 11) is 1.54. The van der Waals surface area contributed by atoms with Crippen molar-refractivity contribution in [3.05, 3.63) is 70.3 Å². The number of nitrogens with one attached hydrogen (secondary N) is 2. The van der Waals surface area contributed by atoms with Crippen LogP contribution in [-0.2, 0) is 16.1 Å². The van der Waals surface area contributed by atoms with Gasteiger partial charge >= 0.3 is 11.8 Å². The first-order valence-corrected chi connectivity index (χ1v) is 8.78. The molecule has 2 heterocycles. The molecule has 0 bridgehead atoms. The molecule has 0 aliphatic heterocycles. The van der Waals surface area contributed by atoms with Crippen LogP contribution in [0.5, 0.6) is 5.75 Å². The largest absolute Gasteiger partial charge is 0.497 e. The summed E-state index contributed by atoms with van der Waals surface area (Å²) in [5, 5.41) is 5.03. The molecule has 0 radical (unpaired) electrons. The molecular formula is C19H16N2O5S. The van der Waals surface area contributed by atoms with Gasteiger partial charge in [-0.1, -0.05) is 0 Å². The van der Waals surface area contributed by atoms with Gasteiger partial charge in [-0.05, 0) is 48.5 Å². The highest BCUT2D eigenvalue weighted by Crippen LogP contribution is 2.20. The van der Waals surface area contributed by atoms with E-state index < -0.39 is 11.8 Å². The summed E-state index contributed by atoms with van der Waals surface area (Å²) in [5.41, 5.74) is 0.485. The number of furan rings is 1. The molecule has 2 aromatic heterocycles. The van der Waals surface area contributed by atoms with Gasteiger partial charge in [0.1, 0.15) is 5.75 Å². The fourth-order valence-electron chi connectivity index (χ4n) is 2.23. The van der Waals surface area contributed by atoms with Crippen molar-refractivity contribution in [3.8, 4) is 5.75 Å². The number of methoxy groups -OCH3 is 1. The van der Waals surface area contributed by atoms with Crippen molar-refractivity contribution >= 4 is 34.6 Å². The van der Waals surface area contributed by atoms with Gasteiger partial charge in [-0.3, -0.25) is 14.4 Å². The number of amides is 2. The maximum Gasteiger partial charge on any atom is 0.313 e. The zero-order valence-corrected chi connectivity index (χ0v) is 15.2. The average Bonchev–Trinajstić information content (AvgIpc) is 3.38. The lowest BCUT2D eigenvalue weighted by molar-refractivity contribution is -0.136. The van der Waals surface area contributed by atoms with Crippen LogP contribution in [-0.4, -0.2) is 24.7 Å². The van der Waals surface area contributed by atoms with Gasteiger partial charge in [0.25, 0.3) is 0 Å². The zero-order chi connectivity index (χ0) is 19.2. The van der Waals surface area contributed by atoms with Gasteiger partial charge in [-0.15, -0.1) is 11.3 Å². The van der Waals surface area contributed by atoms with Crippen LogP contribution in [0, 0.1) is 0 Å².